The van der Waals surface area contributed by atoms with Crippen LogP contribution >= 0.6 is 7.82 Å². The minimum absolute atomic E-state index is 0.184. The van der Waals surface area contributed by atoms with E-state index in [4.69, 9.17) is 23.5 Å². The summed E-state index contributed by atoms with van der Waals surface area (Å²) in [5.41, 5.74) is 0. The Morgan fingerprint density at radius 2 is 0.845 bits per heavy atom. The van der Waals surface area contributed by atoms with Crippen LogP contribution in [0.2, 0.25) is 0 Å². The zero-order chi connectivity index (χ0) is 61.9. The monoisotopic (exact) mass is 1220 g/mol. The van der Waals surface area contributed by atoms with Crippen molar-refractivity contribution in [1.29, 1.82) is 0 Å². The molecule has 8 atom stereocenters. The first-order valence-corrected chi connectivity index (χ1v) is 35.6. The van der Waals surface area contributed by atoms with Crippen molar-refractivity contribution in [1.82, 2.24) is 10.6 Å². The largest absolute Gasteiger partial charge is 0.480 e. The average Bonchev–Trinajstić information content (AvgIpc) is 2.16. The number of unbranched alkanes of at least 4 members (excludes halogenated alkanes) is 36. The Morgan fingerprint density at radius 3 is 1.19 bits per heavy atom. The van der Waals surface area contributed by atoms with E-state index in [1.807, 2.05) is 0 Å². The van der Waals surface area contributed by atoms with Gasteiger partial charge in [-0.05, 0) is 38.5 Å². The number of ether oxygens (including phenoxy) is 4. The van der Waals surface area contributed by atoms with Gasteiger partial charge in [-0.3, -0.25) is 33.8 Å². The summed E-state index contributed by atoms with van der Waals surface area (Å²) in [4.78, 5) is 86.3. The fraction of sp³-hybridized carbons (Fsp3) is 0.923. The molecule has 84 heavy (non-hydrogen) atoms. The lowest BCUT2D eigenvalue weighted by Gasteiger charge is -2.45. The number of hydrogen-bond acceptors (Lipinski definition) is 14. The molecule has 0 aromatic heterocycles. The third-order valence-corrected chi connectivity index (χ3v) is 16.7. The molecule has 0 saturated carbocycles. The van der Waals surface area contributed by atoms with Gasteiger partial charge in [-0.1, -0.05) is 259 Å². The van der Waals surface area contributed by atoms with Crippen molar-refractivity contribution in [3.63, 3.8) is 0 Å². The van der Waals surface area contributed by atoms with E-state index in [9.17, 15) is 53.6 Å². The molecule has 1 aliphatic heterocycles. The second-order valence-corrected chi connectivity index (χ2v) is 25.3. The number of carboxylic acids is 1. The summed E-state index contributed by atoms with van der Waals surface area (Å²) < 4.78 is 40.2. The molecule has 0 bridgehead atoms. The number of nitrogens with one attached hydrogen (secondary N) is 2. The SMILES string of the molecule is CCCCCCCCCCCCCC(=O)O[C@H](CCCCCCCCCCC)CC(=O)N[C@@H]1[C@@H](O)[C@H](OP(=O)(O)O)[C@@H](CO)O[C@H]1N[C@@H](COC(=O)C[C@@H](CCCCCCCCCCC)OC(=O)CCCCCCCCCCCCC)C(=O)O. The van der Waals surface area contributed by atoms with Crippen molar-refractivity contribution in [3.05, 3.63) is 0 Å². The first-order valence-electron chi connectivity index (χ1n) is 34.1. The van der Waals surface area contributed by atoms with Gasteiger partial charge in [-0.2, -0.15) is 0 Å². The Bertz CT molecular complexity index is 1690. The number of phosphoric ester groups is 1. The molecule has 1 amide bonds. The minimum atomic E-state index is -5.34. The quantitative estimate of drug-likeness (QED) is 0.0129. The average molecular weight is 1220 g/mol. The molecule has 1 rings (SSSR count). The summed E-state index contributed by atoms with van der Waals surface area (Å²) in [5, 5.41) is 37.7. The van der Waals surface area contributed by atoms with Gasteiger partial charge in [0.2, 0.25) is 5.91 Å². The molecule has 1 aliphatic rings. The molecule has 0 spiro atoms. The Hall–Kier alpha value is -2.70. The van der Waals surface area contributed by atoms with Gasteiger partial charge in [-0.15, -0.1) is 0 Å². The van der Waals surface area contributed by atoms with Crippen LogP contribution < -0.4 is 10.6 Å². The van der Waals surface area contributed by atoms with E-state index in [2.05, 4.69) is 38.3 Å². The molecule has 7 N–H and O–H groups in total. The molecule has 0 radical (unpaired) electrons. The van der Waals surface area contributed by atoms with Crippen LogP contribution in [0.25, 0.3) is 0 Å². The normalized spacial score (nSPS) is 18.3. The van der Waals surface area contributed by atoms with Gasteiger partial charge in [0.05, 0.1) is 25.5 Å². The lowest BCUT2D eigenvalue weighted by molar-refractivity contribution is -0.202. The lowest BCUT2D eigenvalue weighted by atomic mass is 9.95. The Morgan fingerprint density at radius 1 is 0.500 bits per heavy atom. The van der Waals surface area contributed by atoms with E-state index in [0.29, 0.717) is 38.5 Å². The molecule has 19 heteroatoms. The van der Waals surface area contributed by atoms with Crippen molar-refractivity contribution in [2.75, 3.05) is 13.2 Å². The maximum absolute atomic E-state index is 14.0. The van der Waals surface area contributed by atoms with E-state index < -0.39 is 99.7 Å². The van der Waals surface area contributed by atoms with Crippen LogP contribution in [-0.2, 0) is 52.0 Å². The molecular weight excluding hydrogens is 1100 g/mol. The van der Waals surface area contributed by atoms with Crippen LogP contribution in [0.4, 0.5) is 0 Å². The van der Waals surface area contributed by atoms with Gasteiger partial charge in [0.1, 0.15) is 49.4 Å². The molecule has 0 unspecified atom stereocenters. The molecule has 494 valence electrons. The Balaban J connectivity index is 3.15. The van der Waals surface area contributed by atoms with E-state index >= 15 is 0 Å². The first kappa shape index (κ1) is 79.3. The number of aliphatic carboxylic acids is 1. The van der Waals surface area contributed by atoms with Gasteiger partial charge < -0.3 is 49.4 Å². The number of carboxylic acid groups (broad SMARTS) is 1. The first-order chi connectivity index (χ1) is 40.6. The highest BCUT2D eigenvalue weighted by atomic mass is 31.2. The molecule has 1 heterocycles. The molecule has 0 aromatic rings. The van der Waals surface area contributed by atoms with Crippen molar-refractivity contribution >= 4 is 37.6 Å². The van der Waals surface area contributed by atoms with Gasteiger partial charge in [0.25, 0.3) is 0 Å². The van der Waals surface area contributed by atoms with Gasteiger partial charge in [-0.25, -0.2) is 4.57 Å². The van der Waals surface area contributed by atoms with Crippen LogP contribution in [0.3, 0.4) is 0 Å². The van der Waals surface area contributed by atoms with Gasteiger partial charge in [0, 0.05) is 12.8 Å². The predicted molar refractivity (Wildman–Crippen MR) is 331 cm³/mol. The molecular formula is C65H123N2O16P. The summed E-state index contributed by atoms with van der Waals surface area (Å²) in [5.74, 6) is -3.93. The maximum Gasteiger partial charge on any atom is 0.470 e. The Labute approximate surface area is 508 Å². The third-order valence-electron chi connectivity index (χ3n) is 16.2. The highest BCUT2D eigenvalue weighted by Gasteiger charge is 2.49. The van der Waals surface area contributed by atoms with E-state index in [1.165, 1.54) is 141 Å². The second kappa shape index (κ2) is 53.3. The van der Waals surface area contributed by atoms with Crippen molar-refractivity contribution in [3.8, 4) is 0 Å². The molecule has 0 aromatic carbocycles. The summed E-state index contributed by atoms with van der Waals surface area (Å²) >= 11 is 0. The highest BCUT2D eigenvalue weighted by Crippen LogP contribution is 2.41. The number of carbonyl (C=O) groups is 5. The van der Waals surface area contributed by atoms with E-state index in [-0.39, 0.29) is 25.7 Å². The van der Waals surface area contributed by atoms with Gasteiger partial charge in [0.15, 0.2) is 0 Å². The van der Waals surface area contributed by atoms with Crippen molar-refractivity contribution in [2.45, 2.75) is 372 Å². The summed E-state index contributed by atoms with van der Waals surface area (Å²) in [6.07, 6.45) is 35.7. The van der Waals surface area contributed by atoms with Gasteiger partial charge >= 0.3 is 31.7 Å². The van der Waals surface area contributed by atoms with Crippen LogP contribution in [0, 0.1) is 0 Å². The summed E-state index contributed by atoms with van der Waals surface area (Å²) in [6, 6.07) is -3.39. The number of hydrogen-bond donors (Lipinski definition) is 7. The number of phosphoric acid groups is 1. The number of rotatable bonds is 59. The maximum atomic E-state index is 14.0. The second-order valence-electron chi connectivity index (χ2n) is 24.1. The standard InChI is InChI=1S/C65H123N2O16P/c1-5-9-13-17-21-25-27-31-35-39-43-47-58(70)80-53(45-41-37-33-29-23-19-15-11-7-3)49-57(69)67-61-62(73)63(83-84(76,77)78)56(51-68)82-64(61)66-55(65(74)75)52-79-60(72)50-54(46-42-38-34-30-24-20-16-12-8-4)81-59(71)48-44-40-36-32-28-26-22-18-14-10-6-2/h53-56,61-64,66,68,73H,5-52H2,1-4H3,(H,67,69)(H,74,75)(H2,76,77,78)/t53-,54-,55+,56-,61-,62-,63-,64-/m1/s1. The molecule has 18 nitrogen and oxygen atoms in total. The topological polar surface area (TPSA) is 274 Å². The van der Waals surface area contributed by atoms with Crippen LogP contribution in [0.5, 0.6) is 0 Å². The lowest BCUT2D eigenvalue weighted by Crippen LogP contribution is -2.69. The van der Waals surface area contributed by atoms with E-state index in [1.54, 1.807) is 0 Å². The smallest absolute Gasteiger partial charge is 0.470 e. The highest BCUT2D eigenvalue weighted by molar-refractivity contribution is 7.46. The van der Waals surface area contributed by atoms with Crippen molar-refractivity contribution < 1.29 is 77.1 Å². The summed E-state index contributed by atoms with van der Waals surface area (Å²) in [6.45, 7) is 7.08. The fourth-order valence-electron chi connectivity index (χ4n) is 11.1. The van der Waals surface area contributed by atoms with Crippen LogP contribution in [0.15, 0.2) is 0 Å². The molecule has 0 aliphatic carbocycles. The fourth-order valence-corrected chi connectivity index (χ4v) is 11.7. The number of esters is 3. The molecule has 1 saturated heterocycles. The minimum Gasteiger partial charge on any atom is -0.480 e. The number of amides is 1. The predicted octanol–water partition coefficient (Wildman–Crippen LogP) is 14.5. The van der Waals surface area contributed by atoms with Crippen LogP contribution in [0.1, 0.15) is 323 Å². The number of aliphatic hydroxyl groups is 2. The van der Waals surface area contributed by atoms with Crippen molar-refractivity contribution in [2.24, 2.45) is 0 Å². The van der Waals surface area contributed by atoms with E-state index in [0.717, 1.165) is 89.9 Å². The Kier molecular flexibility index (Phi) is 50.4. The summed E-state index contributed by atoms with van der Waals surface area (Å²) in [7, 11) is -5.34. The zero-order valence-corrected chi connectivity index (χ0v) is 54.1. The number of aliphatic hydroxyl groups excluding tert-OH is 2. The third kappa shape index (κ3) is 43.8. The zero-order valence-electron chi connectivity index (χ0n) is 53.2. The van der Waals surface area contributed by atoms with Crippen LogP contribution in [-0.4, -0.2) is 117 Å². The molecule has 1 fully saturated rings. The number of carbonyl (C=O) groups excluding carboxylic acids is 4.